The summed E-state index contributed by atoms with van der Waals surface area (Å²) < 4.78 is 18.8. The lowest BCUT2D eigenvalue weighted by Gasteiger charge is -2.13. The molecule has 4 rings (SSSR count). The SMILES string of the molecule is C=CCNC(=O)c1cc(-c2csc(COc3cc(Cl)cc(Cl)c3)n2)n(CCc2ccc(OC)c(OC)c2)c1C. The molecule has 1 amide bonds. The smallest absolute Gasteiger partial charge is 0.253 e. The summed E-state index contributed by atoms with van der Waals surface area (Å²) >= 11 is 13.6. The van der Waals surface area contributed by atoms with E-state index in [0.717, 1.165) is 27.7 Å². The van der Waals surface area contributed by atoms with Crippen LogP contribution in [0.25, 0.3) is 11.4 Å². The first-order valence-corrected chi connectivity index (χ1v) is 13.8. The molecule has 0 fully saturated rings. The van der Waals surface area contributed by atoms with Crippen molar-refractivity contribution in [1.82, 2.24) is 14.9 Å². The zero-order valence-electron chi connectivity index (χ0n) is 21.9. The number of hydrogen-bond acceptors (Lipinski definition) is 6. The van der Waals surface area contributed by atoms with Crippen LogP contribution in [-0.2, 0) is 19.6 Å². The second kappa shape index (κ2) is 13.1. The maximum Gasteiger partial charge on any atom is 0.253 e. The molecule has 2 heterocycles. The van der Waals surface area contributed by atoms with E-state index in [9.17, 15) is 4.79 Å². The van der Waals surface area contributed by atoms with Gasteiger partial charge in [0.05, 0.1) is 31.2 Å². The Morgan fingerprint density at radius 3 is 2.54 bits per heavy atom. The van der Waals surface area contributed by atoms with Gasteiger partial charge in [-0.05, 0) is 55.3 Å². The first kappa shape index (κ1) is 28.5. The van der Waals surface area contributed by atoms with Gasteiger partial charge in [-0.3, -0.25) is 4.79 Å². The standard InChI is InChI=1S/C29H29Cl2N3O4S/c1-5-9-32-29(35)23-15-25(24-17-39-28(33-24)16-38-22-13-20(30)12-21(31)14-22)34(18(23)2)10-8-19-6-7-26(36-3)27(11-19)37-4/h5-7,11-15,17H,1,8-10,16H2,2-4H3,(H,32,35). The van der Waals surface area contributed by atoms with Crippen LogP contribution in [-0.4, -0.2) is 36.2 Å². The molecule has 204 valence electrons. The van der Waals surface area contributed by atoms with Gasteiger partial charge in [0.25, 0.3) is 5.91 Å². The number of carbonyl (C=O) groups excluding carboxylic acids is 1. The molecule has 39 heavy (non-hydrogen) atoms. The van der Waals surface area contributed by atoms with Gasteiger partial charge < -0.3 is 24.1 Å². The van der Waals surface area contributed by atoms with Crippen LogP contribution in [0.5, 0.6) is 17.2 Å². The molecule has 0 aliphatic carbocycles. The number of halogens is 2. The van der Waals surface area contributed by atoms with E-state index >= 15 is 0 Å². The lowest BCUT2D eigenvalue weighted by atomic mass is 10.1. The molecule has 10 heteroatoms. The lowest BCUT2D eigenvalue weighted by Crippen LogP contribution is -2.23. The van der Waals surface area contributed by atoms with Crippen LogP contribution in [0.1, 0.15) is 26.6 Å². The molecule has 0 aliphatic heterocycles. The predicted molar refractivity (Wildman–Crippen MR) is 157 cm³/mol. The van der Waals surface area contributed by atoms with E-state index < -0.39 is 0 Å². The van der Waals surface area contributed by atoms with Crippen molar-refractivity contribution in [3.05, 3.63) is 92.4 Å². The first-order chi connectivity index (χ1) is 18.8. The first-order valence-electron chi connectivity index (χ1n) is 12.2. The number of hydrogen-bond donors (Lipinski definition) is 1. The fraction of sp³-hybridized carbons (Fsp3) is 0.241. The van der Waals surface area contributed by atoms with Crippen LogP contribution in [0.2, 0.25) is 10.0 Å². The average Bonchev–Trinajstić information content (AvgIpc) is 3.52. The largest absolute Gasteiger partial charge is 0.493 e. The van der Waals surface area contributed by atoms with Gasteiger partial charge in [-0.1, -0.05) is 35.3 Å². The Labute approximate surface area is 242 Å². The van der Waals surface area contributed by atoms with Gasteiger partial charge in [0, 0.05) is 34.2 Å². The molecular weight excluding hydrogens is 557 g/mol. The van der Waals surface area contributed by atoms with Crippen molar-refractivity contribution in [3.8, 4) is 28.6 Å². The molecule has 0 atom stereocenters. The predicted octanol–water partition coefficient (Wildman–Crippen LogP) is 6.98. The van der Waals surface area contributed by atoms with Crippen LogP contribution in [0.3, 0.4) is 0 Å². The molecule has 0 saturated carbocycles. The summed E-state index contributed by atoms with van der Waals surface area (Å²) in [5.74, 6) is 1.77. The molecule has 0 unspecified atom stereocenters. The number of nitrogens with zero attached hydrogens (tertiary/aromatic N) is 2. The van der Waals surface area contributed by atoms with E-state index in [1.165, 1.54) is 11.3 Å². The van der Waals surface area contributed by atoms with Crippen LogP contribution < -0.4 is 19.5 Å². The van der Waals surface area contributed by atoms with Crippen LogP contribution in [0.4, 0.5) is 0 Å². The molecule has 7 nitrogen and oxygen atoms in total. The molecule has 2 aromatic carbocycles. The third-order valence-corrected chi connectivity index (χ3v) is 7.36. The number of carbonyl (C=O) groups is 1. The van der Waals surface area contributed by atoms with Crippen LogP contribution >= 0.6 is 34.5 Å². The fourth-order valence-corrected chi connectivity index (χ4v) is 5.37. The van der Waals surface area contributed by atoms with Gasteiger partial charge in [-0.25, -0.2) is 4.98 Å². The van der Waals surface area contributed by atoms with Gasteiger partial charge >= 0.3 is 0 Å². The summed E-state index contributed by atoms with van der Waals surface area (Å²) in [4.78, 5) is 17.7. The molecular formula is C29H29Cl2N3O4S. The summed E-state index contributed by atoms with van der Waals surface area (Å²) in [6, 6.07) is 12.8. The Morgan fingerprint density at radius 1 is 1.10 bits per heavy atom. The van der Waals surface area contributed by atoms with Gasteiger partial charge in [0.2, 0.25) is 0 Å². The van der Waals surface area contributed by atoms with Crippen molar-refractivity contribution in [3.63, 3.8) is 0 Å². The van der Waals surface area contributed by atoms with E-state index in [0.29, 0.717) is 52.4 Å². The minimum atomic E-state index is -0.157. The molecule has 0 radical (unpaired) electrons. The zero-order chi connectivity index (χ0) is 27.9. The second-order valence-electron chi connectivity index (χ2n) is 8.64. The Morgan fingerprint density at radius 2 is 1.85 bits per heavy atom. The second-order valence-corrected chi connectivity index (χ2v) is 10.5. The quantitative estimate of drug-likeness (QED) is 0.181. The Hall–Kier alpha value is -3.46. The van der Waals surface area contributed by atoms with E-state index in [2.05, 4.69) is 16.5 Å². The van der Waals surface area contributed by atoms with Crippen molar-refractivity contribution in [2.24, 2.45) is 0 Å². The number of aromatic nitrogens is 2. The highest BCUT2D eigenvalue weighted by Gasteiger charge is 2.20. The number of methoxy groups -OCH3 is 2. The van der Waals surface area contributed by atoms with Crippen molar-refractivity contribution in [2.45, 2.75) is 26.5 Å². The third-order valence-electron chi connectivity index (χ3n) is 6.10. The third kappa shape index (κ3) is 6.95. The number of ether oxygens (including phenoxy) is 3. The number of benzene rings is 2. The van der Waals surface area contributed by atoms with Gasteiger partial charge in [0.1, 0.15) is 17.4 Å². The fourth-order valence-electron chi connectivity index (χ4n) is 4.16. The number of amides is 1. The number of aryl methyl sites for hydroxylation is 1. The minimum absolute atomic E-state index is 0.157. The van der Waals surface area contributed by atoms with E-state index in [1.54, 1.807) is 38.5 Å². The maximum atomic E-state index is 12.9. The molecule has 0 bridgehead atoms. The van der Waals surface area contributed by atoms with Crippen molar-refractivity contribution >= 4 is 40.4 Å². The summed E-state index contributed by atoms with van der Waals surface area (Å²) in [5.41, 5.74) is 4.15. The van der Waals surface area contributed by atoms with Crippen molar-refractivity contribution < 1.29 is 19.0 Å². The molecule has 0 saturated heterocycles. The van der Waals surface area contributed by atoms with E-state index in [4.69, 9.17) is 42.4 Å². The number of nitrogens with one attached hydrogen (secondary N) is 1. The monoisotopic (exact) mass is 585 g/mol. The highest BCUT2D eigenvalue weighted by Crippen LogP contribution is 2.31. The number of rotatable bonds is 12. The van der Waals surface area contributed by atoms with Crippen LogP contribution in [0, 0.1) is 6.92 Å². The summed E-state index contributed by atoms with van der Waals surface area (Å²) in [6.07, 6.45) is 2.37. The highest BCUT2D eigenvalue weighted by atomic mass is 35.5. The molecule has 0 aliphatic rings. The van der Waals surface area contributed by atoms with E-state index in [1.807, 2.05) is 36.6 Å². The molecule has 4 aromatic rings. The zero-order valence-corrected chi connectivity index (χ0v) is 24.3. The lowest BCUT2D eigenvalue weighted by molar-refractivity contribution is 0.0957. The average molecular weight is 587 g/mol. The summed E-state index contributed by atoms with van der Waals surface area (Å²) in [7, 11) is 3.23. The summed E-state index contributed by atoms with van der Waals surface area (Å²) in [6.45, 7) is 6.91. The van der Waals surface area contributed by atoms with E-state index in [-0.39, 0.29) is 12.5 Å². The Bertz CT molecular complexity index is 1460. The van der Waals surface area contributed by atoms with Crippen LogP contribution in [0.15, 0.2) is 60.5 Å². The summed E-state index contributed by atoms with van der Waals surface area (Å²) in [5, 5.41) is 6.63. The minimum Gasteiger partial charge on any atom is -0.493 e. The Kier molecular flexibility index (Phi) is 9.56. The van der Waals surface area contributed by atoms with Gasteiger partial charge in [0.15, 0.2) is 11.5 Å². The maximum absolute atomic E-state index is 12.9. The number of thiazole rings is 1. The van der Waals surface area contributed by atoms with Gasteiger partial charge in [-0.15, -0.1) is 17.9 Å². The normalized spacial score (nSPS) is 10.8. The Balaban J connectivity index is 1.60. The molecule has 0 spiro atoms. The highest BCUT2D eigenvalue weighted by molar-refractivity contribution is 7.09. The molecule has 1 N–H and O–H groups in total. The van der Waals surface area contributed by atoms with Crippen molar-refractivity contribution in [1.29, 1.82) is 0 Å². The van der Waals surface area contributed by atoms with Crippen molar-refractivity contribution in [2.75, 3.05) is 20.8 Å². The molecule has 2 aromatic heterocycles. The van der Waals surface area contributed by atoms with Gasteiger partial charge in [-0.2, -0.15) is 0 Å². The topological polar surface area (TPSA) is 74.6 Å².